The molecule has 1 atom stereocenters. The van der Waals surface area contributed by atoms with Crippen molar-refractivity contribution in [3.05, 3.63) is 35.4 Å². The molecule has 104 valence electrons. The van der Waals surface area contributed by atoms with Crippen LogP contribution in [0.1, 0.15) is 30.9 Å². The fourth-order valence-corrected chi connectivity index (χ4v) is 2.10. The topological polar surface area (TPSA) is 43.1 Å². The minimum absolute atomic E-state index is 0.0850. The minimum Gasteiger partial charge on any atom is -0.319 e. The van der Waals surface area contributed by atoms with E-state index in [1.54, 1.807) is 6.92 Å². The third kappa shape index (κ3) is 3.15. The summed E-state index contributed by atoms with van der Waals surface area (Å²) in [5.41, 5.74) is 4.98. The fourth-order valence-electron chi connectivity index (χ4n) is 2.10. The Morgan fingerprint density at radius 1 is 1.26 bits per heavy atom. The average Bonchev–Trinajstić information content (AvgIpc) is 3.12. The van der Waals surface area contributed by atoms with Crippen molar-refractivity contribution in [2.24, 2.45) is 11.7 Å². The molecule has 1 unspecified atom stereocenters. The second-order valence-electron chi connectivity index (χ2n) is 5.35. The third-order valence-electron chi connectivity index (χ3n) is 3.67. The highest BCUT2D eigenvalue weighted by atomic mass is 19.4. The standard InChI is InChI=1S/C14H16F3NO/c1-13(18,10-6-7-10)12(19)8-9-2-4-11(5-3-9)14(15,16)17/h2-5,10H,6-8,18H2,1H3. The number of carbonyl (C=O) groups excluding carboxylic acids is 1. The van der Waals surface area contributed by atoms with Crippen LogP contribution in [0.25, 0.3) is 0 Å². The van der Waals surface area contributed by atoms with Crippen LogP contribution < -0.4 is 5.73 Å². The molecular formula is C14H16F3NO. The van der Waals surface area contributed by atoms with Gasteiger partial charge in [0, 0.05) is 6.42 Å². The maximum absolute atomic E-state index is 12.4. The molecule has 2 rings (SSSR count). The van der Waals surface area contributed by atoms with E-state index in [2.05, 4.69) is 0 Å². The van der Waals surface area contributed by atoms with Crippen molar-refractivity contribution < 1.29 is 18.0 Å². The maximum atomic E-state index is 12.4. The molecule has 2 N–H and O–H groups in total. The van der Waals surface area contributed by atoms with Crippen molar-refractivity contribution in [1.29, 1.82) is 0 Å². The van der Waals surface area contributed by atoms with Crippen LogP contribution in [-0.2, 0) is 17.4 Å². The van der Waals surface area contributed by atoms with E-state index in [9.17, 15) is 18.0 Å². The van der Waals surface area contributed by atoms with Gasteiger partial charge in [0.1, 0.15) is 0 Å². The molecule has 0 amide bonds. The summed E-state index contributed by atoms with van der Waals surface area (Å²) >= 11 is 0. The molecule has 0 saturated heterocycles. The Morgan fingerprint density at radius 3 is 2.21 bits per heavy atom. The van der Waals surface area contributed by atoms with E-state index in [1.807, 2.05) is 0 Å². The molecule has 0 aromatic heterocycles. The molecule has 0 spiro atoms. The van der Waals surface area contributed by atoms with Crippen LogP contribution in [0.15, 0.2) is 24.3 Å². The van der Waals surface area contributed by atoms with E-state index in [-0.39, 0.29) is 18.1 Å². The number of nitrogens with two attached hydrogens (primary N) is 1. The summed E-state index contributed by atoms with van der Waals surface area (Å²) in [5, 5.41) is 0. The molecule has 1 aromatic rings. The van der Waals surface area contributed by atoms with Gasteiger partial charge in [-0.05, 0) is 43.4 Å². The van der Waals surface area contributed by atoms with Gasteiger partial charge in [-0.25, -0.2) is 0 Å². The summed E-state index contributed by atoms with van der Waals surface area (Å²) in [5.74, 6) is 0.101. The van der Waals surface area contributed by atoms with Crippen molar-refractivity contribution in [1.82, 2.24) is 0 Å². The molecular weight excluding hydrogens is 255 g/mol. The molecule has 1 fully saturated rings. The van der Waals surface area contributed by atoms with Gasteiger partial charge in [-0.1, -0.05) is 12.1 Å². The number of halogens is 3. The molecule has 19 heavy (non-hydrogen) atoms. The van der Waals surface area contributed by atoms with E-state index >= 15 is 0 Å². The minimum atomic E-state index is -4.35. The number of benzene rings is 1. The Hall–Kier alpha value is -1.36. The Kier molecular flexibility index (Phi) is 3.43. The van der Waals surface area contributed by atoms with E-state index in [1.165, 1.54) is 12.1 Å². The summed E-state index contributed by atoms with van der Waals surface area (Å²) in [6.07, 6.45) is -2.36. The summed E-state index contributed by atoms with van der Waals surface area (Å²) in [6.45, 7) is 1.71. The van der Waals surface area contributed by atoms with Crippen molar-refractivity contribution in [2.75, 3.05) is 0 Å². The lowest BCUT2D eigenvalue weighted by Crippen LogP contribution is -2.47. The number of alkyl halides is 3. The lowest BCUT2D eigenvalue weighted by atomic mass is 9.88. The highest BCUT2D eigenvalue weighted by Crippen LogP contribution is 2.39. The van der Waals surface area contributed by atoms with Gasteiger partial charge in [-0.15, -0.1) is 0 Å². The van der Waals surface area contributed by atoms with Gasteiger partial charge in [0.25, 0.3) is 0 Å². The SMILES string of the molecule is CC(N)(C(=O)Cc1ccc(C(F)(F)F)cc1)C1CC1. The van der Waals surface area contributed by atoms with Crippen LogP contribution in [0, 0.1) is 5.92 Å². The molecule has 1 aliphatic rings. The van der Waals surface area contributed by atoms with Crippen molar-refractivity contribution in [3.63, 3.8) is 0 Å². The number of carbonyl (C=O) groups is 1. The first-order valence-corrected chi connectivity index (χ1v) is 6.19. The zero-order valence-electron chi connectivity index (χ0n) is 10.6. The van der Waals surface area contributed by atoms with Crippen LogP contribution >= 0.6 is 0 Å². The molecule has 0 radical (unpaired) electrons. The van der Waals surface area contributed by atoms with E-state index < -0.39 is 17.3 Å². The first kappa shape index (κ1) is 14.1. The first-order chi connectivity index (χ1) is 8.71. The van der Waals surface area contributed by atoms with E-state index in [0.717, 1.165) is 25.0 Å². The van der Waals surface area contributed by atoms with Crippen molar-refractivity contribution >= 4 is 5.78 Å². The van der Waals surface area contributed by atoms with Crippen LogP contribution in [0.4, 0.5) is 13.2 Å². The zero-order valence-corrected chi connectivity index (χ0v) is 10.6. The van der Waals surface area contributed by atoms with Gasteiger partial charge in [0.15, 0.2) is 5.78 Å². The number of ketones is 1. The fraction of sp³-hybridized carbons (Fsp3) is 0.500. The molecule has 1 saturated carbocycles. The molecule has 1 aliphatic carbocycles. The molecule has 1 aromatic carbocycles. The molecule has 2 nitrogen and oxygen atoms in total. The Balaban J connectivity index is 2.05. The average molecular weight is 271 g/mol. The number of rotatable bonds is 4. The van der Waals surface area contributed by atoms with Crippen LogP contribution in [0.5, 0.6) is 0 Å². The Bertz CT molecular complexity index is 472. The van der Waals surface area contributed by atoms with Crippen molar-refractivity contribution in [2.45, 2.75) is 37.9 Å². The highest BCUT2D eigenvalue weighted by Gasteiger charge is 2.43. The zero-order chi connectivity index (χ0) is 14.3. The van der Waals surface area contributed by atoms with E-state index in [4.69, 9.17) is 5.73 Å². The molecule has 0 bridgehead atoms. The van der Waals surface area contributed by atoms with Gasteiger partial charge in [-0.3, -0.25) is 4.79 Å². The number of Topliss-reactive ketones (excluding diaryl/α,β-unsaturated/α-hetero) is 1. The number of hydrogen-bond acceptors (Lipinski definition) is 2. The molecule has 0 heterocycles. The van der Waals surface area contributed by atoms with Gasteiger partial charge in [0.05, 0.1) is 11.1 Å². The van der Waals surface area contributed by atoms with Crippen LogP contribution in [-0.4, -0.2) is 11.3 Å². The summed E-state index contributed by atoms with van der Waals surface area (Å²) < 4.78 is 37.2. The summed E-state index contributed by atoms with van der Waals surface area (Å²) in [6, 6.07) is 4.66. The predicted octanol–water partition coefficient (Wildman–Crippen LogP) is 2.94. The van der Waals surface area contributed by atoms with Gasteiger partial charge >= 0.3 is 6.18 Å². The van der Waals surface area contributed by atoms with Gasteiger partial charge in [-0.2, -0.15) is 13.2 Å². The smallest absolute Gasteiger partial charge is 0.319 e. The Morgan fingerprint density at radius 2 is 1.79 bits per heavy atom. The van der Waals surface area contributed by atoms with Crippen molar-refractivity contribution in [3.8, 4) is 0 Å². The Labute approximate surface area is 109 Å². The lowest BCUT2D eigenvalue weighted by molar-refractivity contribution is -0.137. The second-order valence-corrected chi connectivity index (χ2v) is 5.35. The predicted molar refractivity (Wildman–Crippen MR) is 65.5 cm³/mol. The third-order valence-corrected chi connectivity index (χ3v) is 3.67. The van der Waals surface area contributed by atoms with Gasteiger partial charge < -0.3 is 5.73 Å². The molecule has 5 heteroatoms. The van der Waals surface area contributed by atoms with Gasteiger partial charge in [0.2, 0.25) is 0 Å². The summed E-state index contributed by atoms with van der Waals surface area (Å²) in [7, 11) is 0. The largest absolute Gasteiger partial charge is 0.416 e. The van der Waals surface area contributed by atoms with Crippen LogP contribution in [0.3, 0.4) is 0 Å². The normalized spacial score (nSPS) is 19.0. The van der Waals surface area contributed by atoms with Crippen LogP contribution in [0.2, 0.25) is 0 Å². The molecule has 0 aliphatic heterocycles. The first-order valence-electron chi connectivity index (χ1n) is 6.19. The second kappa shape index (κ2) is 4.63. The lowest BCUT2D eigenvalue weighted by Gasteiger charge is -2.22. The van der Waals surface area contributed by atoms with E-state index in [0.29, 0.717) is 5.56 Å². The number of hydrogen-bond donors (Lipinski definition) is 1. The monoisotopic (exact) mass is 271 g/mol. The quantitative estimate of drug-likeness (QED) is 0.915. The summed E-state index contributed by atoms with van der Waals surface area (Å²) in [4.78, 5) is 12.1. The highest BCUT2D eigenvalue weighted by molar-refractivity contribution is 5.90. The maximum Gasteiger partial charge on any atom is 0.416 e.